The number of rotatable bonds is 3. The Morgan fingerprint density at radius 3 is 2.74 bits per heavy atom. The zero-order valence-corrected chi connectivity index (χ0v) is 11.6. The van der Waals surface area contributed by atoms with Crippen molar-refractivity contribution in [3.05, 3.63) is 35.4 Å². The van der Waals surface area contributed by atoms with Crippen molar-refractivity contribution in [1.29, 1.82) is 0 Å². The molecule has 3 nitrogen and oxygen atoms in total. The fourth-order valence-electron chi connectivity index (χ4n) is 3.29. The van der Waals surface area contributed by atoms with Crippen LogP contribution in [0, 0.1) is 5.41 Å². The molecule has 102 valence electrons. The highest BCUT2D eigenvalue weighted by molar-refractivity contribution is 5.76. The SMILES string of the molecule is CC(N1CCc2ccccc2C1C(=O)O)C1(C)CC1. The molecule has 1 fully saturated rings. The summed E-state index contributed by atoms with van der Waals surface area (Å²) in [4.78, 5) is 13.9. The highest BCUT2D eigenvalue weighted by Crippen LogP contribution is 2.51. The predicted molar refractivity (Wildman–Crippen MR) is 74.0 cm³/mol. The van der Waals surface area contributed by atoms with Gasteiger partial charge in [-0.05, 0) is 42.7 Å². The molecular weight excluding hydrogens is 238 g/mol. The van der Waals surface area contributed by atoms with Gasteiger partial charge in [0.15, 0.2) is 0 Å². The normalized spacial score (nSPS) is 26.5. The number of aliphatic carboxylic acids is 1. The van der Waals surface area contributed by atoms with Crippen LogP contribution in [-0.4, -0.2) is 28.6 Å². The Kier molecular flexibility index (Phi) is 2.90. The molecule has 0 spiro atoms. The number of hydrogen-bond donors (Lipinski definition) is 1. The van der Waals surface area contributed by atoms with Crippen molar-refractivity contribution < 1.29 is 9.90 Å². The molecule has 1 aromatic rings. The summed E-state index contributed by atoms with van der Waals surface area (Å²) in [7, 11) is 0. The van der Waals surface area contributed by atoms with Crippen LogP contribution in [0.3, 0.4) is 0 Å². The Balaban J connectivity index is 1.96. The van der Waals surface area contributed by atoms with E-state index in [2.05, 4.69) is 24.8 Å². The molecule has 3 heteroatoms. The summed E-state index contributed by atoms with van der Waals surface area (Å²) >= 11 is 0. The van der Waals surface area contributed by atoms with Crippen LogP contribution in [0.1, 0.15) is 43.9 Å². The lowest BCUT2D eigenvalue weighted by Gasteiger charge is -2.41. The molecule has 1 saturated carbocycles. The Labute approximate surface area is 114 Å². The molecule has 1 aliphatic heterocycles. The van der Waals surface area contributed by atoms with Crippen molar-refractivity contribution in [1.82, 2.24) is 4.90 Å². The van der Waals surface area contributed by atoms with Crippen molar-refractivity contribution in [2.24, 2.45) is 5.41 Å². The molecule has 1 N–H and O–H groups in total. The maximum absolute atomic E-state index is 11.7. The van der Waals surface area contributed by atoms with Gasteiger partial charge in [-0.3, -0.25) is 9.69 Å². The van der Waals surface area contributed by atoms with Crippen molar-refractivity contribution >= 4 is 5.97 Å². The van der Waals surface area contributed by atoms with E-state index in [1.807, 2.05) is 18.2 Å². The molecule has 2 unspecified atom stereocenters. The maximum Gasteiger partial charge on any atom is 0.325 e. The van der Waals surface area contributed by atoms with Crippen LogP contribution in [-0.2, 0) is 11.2 Å². The van der Waals surface area contributed by atoms with Gasteiger partial charge in [0, 0.05) is 12.6 Å². The van der Waals surface area contributed by atoms with Crippen LogP contribution in [0.4, 0.5) is 0 Å². The van der Waals surface area contributed by atoms with Gasteiger partial charge >= 0.3 is 5.97 Å². The second-order valence-electron chi connectivity index (χ2n) is 6.26. The zero-order valence-electron chi connectivity index (χ0n) is 11.6. The lowest BCUT2D eigenvalue weighted by Crippen LogP contribution is -2.47. The largest absolute Gasteiger partial charge is 0.480 e. The summed E-state index contributed by atoms with van der Waals surface area (Å²) in [5.41, 5.74) is 2.50. The van der Waals surface area contributed by atoms with E-state index in [9.17, 15) is 9.90 Å². The van der Waals surface area contributed by atoms with Crippen LogP contribution in [0.15, 0.2) is 24.3 Å². The van der Waals surface area contributed by atoms with Gasteiger partial charge in [-0.2, -0.15) is 0 Å². The summed E-state index contributed by atoms with van der Waals surface area (Å²) < 4.78 is 0. The van der Waals surface area contributed by atoms with Gasteiger partial charge in [0.05, 0.1) is 0 Å². The molecule has 0 saturated heterocycles. The first kappa shape index (κ1) is 12.7. The van der Waals surface area contributed by atoms with Crippen LogP contribution in [0.5, 0.6) is 0 Å². The number of carbonyl (C=O) groups is 1. The number of hydrogen-bond acceptors (Lipinski definition) is 2. The lowest BCUT2D eigenvalue weighted by atomic mass is 9.88. The van der Waals surface area contributed by atoms with Gasteiger partial charge in [0.1, 0.15) is 6.04 Å². The number of fused-ring (bicyclic) bond motifs is 1. The van der Waals surface area contributed by atoms with Crippen molar-refractivity contribution in [3.8, 4) is 0 Å². The van der Waals surface area contributed by atoms with Crippen LogP contribution < -0.4 is 0 Å². The van der Waals surface area contributed by atoms with Gasteiger partial charge in [0.2, 0.25) is 0 Å². The van der Waals surface area contributed by atoms with E-state index in [0.29, 0.717) is 11.5 Å². The van der Waals surface area contributed by atoms with Crippen molar-refractivity contribution in [3.63, 3.8) is 0 Å². The molecule has 0 amide bonds. The van der Waals surface area contributed by atoms with Crippen LogP contribution >= 0.6 is 0 Å². The molecule has 1 aliphatic carbocycles. The molecule has 2 aliphatic rings. The summed E-state index contributed by atoms with van der Waals surface area (Å²) in [6.07, 6.45) is 3.40. The molecule has 0 radical (unpaired) electrons. The maximum atomic E-state index is 11.7. The Morgan fingerprint density at radius 2 is 2.11 bits per heavy atom. The number of benzene rings is 1. The van der Waals surface area contributed by atoms with E-state index in [-0.39, 0.29) is 0 Å². The average Bonchev–Trinajstić information content (AvgIpc) is 3.15. The van der Waals surface area contributed by atoms with Crippen LogP contribution in [0.2, 0.25) is 0 Å². The predicted octanol–water partition coefficient (Wildman–Crippen LogP) is 2.86. The number of carboxylic acids is 1. The van der Waals surface area contributed by atoms with Gasteiger partial charge in [0.25, 0.3) is 0 Å². The number of carboxylic acid groups (broad SMARTS) is 1. The summed E-state index contributed by atoms with van der Waals surface area (Å²) in [6, 6.07) is 7.84. The summed E-state index contributed by atoms with van der Waals surface area (Å²) in [5.74, 6) is -0.719. The standard InChI is InChI=1S/C16H21NO2/c1-11(16(2)8-9-16)17-10-7-12-5-3-4-6-13(12)14(17)15(18)19/h3-6,11,14H,7-10H2,1-2H3,(H,18,19). The smallest absolute Gasteiger partial charge is 0.325 e. The Hall–Kier alpha value is -1.35. The molecule has 1 aromatic carbocycles. The Morgan fingerprint density at radius 1 is 1.42 bits per heavy atom. The van der Waals surface area contributed by atoms with Crippen molar-refractivity contribution in [2.75, 3.05) is 6.54 Å². The molecule has 1 heterocycles. The molecule has 2 atom stereocenters. The molecule has 3 rings (SSSR count). The zero-order chi connectivity index (χ0) is 13.6. The Bertz CT molecular complexity index is 507. The third-order valence-corrected chi connectivity index (χ3v) is 5.10. The third-order valence-electron chi connectivity index (χ3n) is 5.10. The van der Waals surface area contributed by atoms with Gasteiger partial charge < -0.3 is 5.11 Å². The third kappa shape index (κ3) is 2.06. The number of nitrogens with zero attached hydrogens (tertiary/aromatic N) is 1. The van der Waals surface area contributed by atoms with E-state index in [1.165, 1.54) is 18.4 Å². The highest BCUT2D eigenvalue weighted by Gasteiger charge is 2.48. The minimum absolute atomic E-state index is 0.319. The van der Waals surface area contributed by atoms with E-state index in [1.54, 1.807) is 0 Å². The van der Waals surface area contributed by atoms with E-state index in [0.717, 1.165) is 18.5 Å². The highest BCUT2D eigenvalue weighted by atomic mass is 16.4. The van der Waals surface area contributed by atoms with Gasteiger partial charge in [-0.1, -0.05) is 31.2 Å². The summed E-state index contributed by atoms with van der Waals surface area (Å²) in [5, 5.41) is 9.65. The first-order valence-electron chi connectivity index (χ1n) is 7.09. The van der Waals surface area contributed by atoms with Gasteiger partial charge in [-0.25, -0.2) is 0 Å². The monoisotopic (exact) mass is 259 g/mol. The van der Waals surface area contributed by atoms with Crippen LogP contribution in [0.25, 0.3) is 0 Å². The van der Waals surface area contributed by atoms with E-state index >= 15 is 0 Å². The first-order chi connectivity index (χ1) is 9.03. The fraction of sp³-hybridized carbons (Fsp3) is 0.562. The van der Waals surface area contributed by atoms with E-state index in [4.69, 9.17) is 0 Å². The molecule has 0 aromatic heterocycles. The second kappa shape index (κ2) is 4.34. The topological polar surface area (TPSA) is 40.5 Å². The fourth-order valence-corrected chi connectivity index (χ4v) is 3.29. The lowest BCUT2D eigenvalue weighted by molar-refractivity contribution is -0.145. The van der Waals surface area contributed by atoms with Crippen molar-refractivity contribution in [2.45, 2.75) is 45.2 Å². The second-order valence-corrected chi connectivity index (χ2v) is 6.26. The summed E-state index contributed by atoms with van der Waals surface area (Å²) in [6.45, 7) is 5.32. The molecular formula is C16H21NO2. The average molecular weight is 259 g/mol. The minimum atomic E-state index is -0.719. The molecule has 19 heavy (non-hydrogen) atoms. The van der Waals surface area contributed by atoms with E-state index < -0.39 is 12.0 Å². The first-order valence-corrected chi connectivity index (χ1v) is 7.09. The quantitative estimate of drug-likeness (QED) is 0.907. The molecule has 0 bridgehead atoms. The minimum Gasteiger partial charge on any atom is -0.480 e. The van der Waals surface area contributed by atoms with Gasteiger partial charge in [-0.15, -0.1) is 0 Å².